The molecule has 0 heterocycles. The number of methoxy groups -OCH3 is 2. The Labute approximate surface area is 461 Å². The molecule has 3 aromatic carbocycles. The average Bonchev–Trinajstić information content (AvgIpc) is 3.39. The quantitative estimate of drug-likeness (QED) is 0.0234. The summed E-state index contributed by atoms with van der Waals surface area (Å²) in [6.07, 6.45) is 4.12. The van der Waals surface area contributed by atoms with Crippen molar-refractivity contribution in [2.75, 3.05) is 93.6 Å². The van der Waals surface area contributed by atoms with Gasteiger partial charge in [0, 0.05) is 48.0 Å². The van der Waals surface area contributed by atoms with Gasteiger partial charge in [0.25, 0.3) is 0 Å². The Bertz CT molecular complexity index is 2300. The highest BCUT2D eigenvalue weighted by molar-refractivity contribution is 7.52. The summed E-state index contributed by atoms with van der Waals surface area (Å²) in [5.41, 5.74) is -0.362. The molecular formula is C58H87O19P. The smallest absolute Gasteiger partial charge is 0.338 e. The standard InChI is InChI=1S/C26H43O8P.C18H26O6.C14H18O5/c1-8-9-10-11-16-33-35(7,29)34-20-26(4,5)19-32-24(28)22-14-12-21(13-15-22)23(27)31-18-25(2,3)17-30-6;1-17(2,9-19)11-23-15(21)13-5-7-14(8-6-13)16(22)24-12-18(3,4)10-20;1-14(2,8-18-3)9-19-13(17)11-6-4-10(5-7-11)12(15)16/h12-15H,8-11,16-20H2,1-7H3;5-8,19-20H,9-12H2,1-4H3;4-7H,8-9H2,1-3H3,(H,15,16). The number of carbonyl (C=O) groups is 6. The summed E-state index contributed by atoms with van der Waals surface area (Å²) >= 11 is 0. The van der Waals surface area contributed by atoms with Crippen LogP contribution in [0.1, 0.15) is 164 Å². The van der Waals surface area contributed by atoms with Crippen LogP contribution in [0.4, 0.5) is 0 Å². The number of unbranched alkanes of at least 4 members (excludes halogenated alkanes) is 3. The summed E-state index contributed by atoms with van der Waals surface area (Å²) in [4.78, 5) is 71.1. The van der Waals surface area contributed by atoms with Gasteiger partial charge in [-0.25, -0.2) is 28.8 Å². The van der Waals surface area contributed by atoms with Gasteiger partial charge in [0.1, 0.15) is 0 Å². The first-order valence-corrected chi connectivity index (χ1v) is 27.7. The number of aliphatic hydroxyl groups excluding tert-OH is 2. The molecule has 0 bridgehead atoms. The molecule has 0 spiro atoms. The minimum atomic E-state index is -3.17. The Balaban J connectivity index is 0.000000616. The average molecular weight is 1120 g/mol. The maximum Gasteiger partial charge on any atom is 0.338 e. The zero-order chi connectivity index (χ0) is 59.4. The van der Waals surface area contributed by atoms with E-state index >= 15 is 0 Å². The van der Waals surface area contributed by atoms with Gasteiger partial charge in [-0.2, -0.15) is 0 Å². The minimum absolute atomic E-state index is 0.0701. The lowest BCUT2D eigenvalue weighted by Crippen LogP contribution is -2.27. The maximum absolute atomic E-state index is 12.5. The van der Waals surface area contributed by atoms with Crippen molar-refractivity contribution in [3.05, 3.63) is 106 Å². The fourth-order valence-electron chi connectivity index (χ4n) is 6.04. The van der Waals surface area contributed by atoms with Crippen molar-refractivity contribution in [1.82, 2.24) is 0 Å². The molecule has 19 nitrogen and oxygen atoms in total. The summed E-state index contributed by atoms with van der Waals surface area (Å²) in [7, 11) is 0.0213. The molecule has 438 valence electrons. The summed E-state index contributed by atoms with van der Waals surface area (Å²) in [5.74, 6) is -3.52. The van der Waals surface area contributed by atoms with Crippen molar-refractivity contribution in [3.63, 3.8) is 0 Å². The number of esters is 5. The molecule has 20 heteroatoms. The predicted molar refractivity (Wildman–Crippen MR) is 294 cm³/mol. The highest BCUT2D eigenvalue weighted by Crippen LogP contribution is 2.45. The highest BCUT2D eigenvalue weighted by atomic mass is 31.2. The molecule has 0 aliphatic heterocycles. The number of aliphatic hydroxyl groups is 2. The van der Waals surface area contributed by atoms with Crippen molar-refractivity contribution < 1.29 is 90.9 Å². The van der Waals surface area contributed by atoms with Crippen LogP contribution in [-0.2, 0) is 46.8 Å². The molecule has 0 saturated heterocycles. The van der Waals surface area contributed by atoms with Gasteiger partial charge in [0.15, 0.2) is 0 Å². The van der Waals surface area contributed by atoms with Crippen molar-refractivity contribution >= 4 is 43.4 Å². The second-order valence-corrected chi connectivity index (χ2v) is 24.9. The van der Waals surface area contributed by atoms with Crippen molar-refractivity contribution in [3.8, 4) is 0 Å². The van der Waals surface area contributed by atoms with Crippen LogP contribution >= 0.6 is 7.60 Å². The Morgan fingerprint density at radius 1 is 0.410 bits per heavy atom. The number of rotatable bonds is 31. The minimum Gasteiger partial charge on any atom is -0.478 e. The molecule has 0 saturated carbocycles. The van der Waals surface area contributed by atoms with E-state index in [4.69, 9.17) is 57.5 Å². The second kappa shape index (κ2) is 33.8. The Hall–Kier alpha value is -5.53. The third-order valence-electron chi connectivity index (χ3n) is 11.0. The first kappa shape index (κ1) is 70.5. The van der Waals surface area contributed by atoms with E-state index in [9.17, 15) is 33.3 Å². The highest BCUT2D eigenvalue weighted by Gasteiger charge is 2.28. The molecule has 3 rings (SSSR count). The molecule has 0 aliphatic rings. The first-order chi connectivity index (χ1) is 36.3. The fraction of sp³-hybridized carbons (Fsp3) is 0.586. The van der Waals surface area contributed by atoms with Crippen LogP contribution in [0.15, 0.2) is 72.8 Å². The van der Waals surface area contributed by atoms with Gasteiger partial charge in [0.05, 0.1) is 106 Å². The van der Waals surface area contributed by atoms with E-state index in [1.165, 1.54) is 79.5 Å². The van der Waals surface area contributed by atoms with Gasteiger partial charge in [-0.1, -0.05) is 95.4 Å². The topological polar surface area (TPSA) is 263 Å². The number of hydrogen-bond acceptors (Lipinski definition) is 18. The number of ether oxygens (including phenoxy) is 7. The third-order valence-corrected chi connectivity index (χ3v) is 12.2. The maximum atomic E-state index is 12.5. The zero-order valence-electron chi connectivity index (χ0n) is 48.4. The number of hydrogen-bond donors (Lipinski definition) is 3. The van der Waals surface area contributed by atoms with Crippen LogP contribution in [0.25, 0.3) is 0 Å². The van der Waals surface area contributed by atoms with Crippen LogP contribution in [-0.4, -0.2) is 145 Å². The molecule has 0 aromatic heterocycles. The molecule has 3 N–H and O–H groups in total. The Kier molecular flexibility index (Phi) is 30.5. The summed E-state index contributed by atoms with van der Waals surface area (Å²) in [5, 5.41) is 27.0. The van der Waals surface area contributed by atoms with Crippen LogP contribution in [0.2, 0.25) is 0 Å². The number of carboxylic acid groups (broad SMARTS) is 1. The van der Waals surface area contributed by atoms with Crippen molar-refractivity contribution in [2.45, 2.75) is 102 Å². The lowest BCUT2D eigenvalue weighted by molar-refractivity contribution is 0.0131. The van der Waals surface area contributed by atoms with E-state index in [1.807, 2.05) is 41.5 Å². The summed E-state index contributed by atoms with van der Waals surface area (Å²) < 4.78 is 59.8. The van der Waals surface area contributed by atoms with E-state index in [-0.39, 0.29) is 69.2 Å². The van der Waals surface area contributed by atoms with Crippen molar-refractivity contribution in [2.24, 2.45) is 27.1 Å². The molecule has 0 amide bonds. The second-order valence-electron chi connectivity index (χ2n) is 22.9. The Morgan fingerprint density at radius 3 is 0.936 bits per heavy atom. The molecule has 0 aliphatic carbocycles. The first-order valence-electron chi connectivity index (χ1n) is 25.7. The third kappa shape index (κ3) is 29.4. The van der Waals surface area contributed by atoms with Gasteiger partial charge in [-0.15, -0.1) is 0 Å². The SMILES string of the molecule is CC(C)(CO)COC(=O)c1ccc(C(=O)OCC(C)(C)CO)cc1.CCCCCCOP(C)(=O)OCC(C)(C)COC(=O)c1ccc(C(=O)OCC(C)(C)COC)cc1.COCC(C)(C)COC(=O)c1ccc(C(=O)O)cc1. The van der Waals surface area contributed by atoms with Crippen LogP contribution in [0, 0.1) is 27.1 Å². The summed E-state index contributed by atoms with van der Waals surface area (Å²) in [6, 6.07) is 17.7. The number of carbonyl (C=O) groups excluding carboxylic acids is 5. The van der Waals surface area contributed by atoms with Crippen LogP contribution < -0.4 is 0 Å². The van der Waals surface area contributed by atoms with E-state index < -0.39 is 59.7 Å². The van der Waals surface area contributed by atoms with E-state index in [1.54, 1.807) is 41.9 Å². The summed E-state index contributed by atoms with van der Waals surface area (Å²) in [6.45, 7) is 24.2. The molecule has 0 radical (unpaired) electrons. The van der Waals surface area contributed by atoms with Gasteiger partial charge in [0.2, 0.25) is 0 Å². The normalized spacial score (nSPS) is 12.6. The number of carboxylic acids is 1. The number of benzene rings is 3. The van der Waals surface area contributed by atoms with E-state index in [0.29, 0.717) is 47.6 Å². The van der Waals surface area contributed by atoms with E-state index in [0.717, 1.165) is 25.7 Å². The van der Waals surface area contributed by atoms with Crippen LogP contribution in [0.3, 0.4) is 0 Å². The predicted octanol–water partition coefficient (Wildman–Crippen LogP) is 10.4. The molecule has 1 unspecified atom stereocenters. The van der Waals surface area contributed by atoms with Gasteiger partial charge in [-0.05, 0) is 79.2 Å². The molecule has 3 aromatic rings. The molecule has 78 heavy (non-hydrogen) atoms. The lowest BCUT2D eigenvalue weighted by atomic mass is 9.96. The number of aromatic carboxylic acids is 1. The van der Waals surface area contributed by atoms with Gasteiger partial charge in [-0.3, -0.25) is 4.57 Å². The molecule has 1 atom stereocenters. The van der Waals surface area contributed by atoms with Gasteiger partial charge >= 0.3 is 43.4 Å². The lowest BCUT2D eigenvalue weighted by Gasteiger charge is -2.25. The van der Waals surface area contributed by atoms with E-state index in [2.05, 4.69) is 6.92 Å². The largest absolute Gasteiger partial charge is 0.478 e. The molecular weight excluding hydrogens is 1030 g/mol. The molecule has 0 fully saturated rings. The van der Waals surface area contributed by atoms with Gasteiger partial charge < -0.3 is 57.5 Å². The fourth-order valence-corrected chi connectivity index (χ4v) is 7.16. The zero-order valence-corrected chi connectivity index (χ0v) is 49.3. The Morgan fingerprint density at radius 2 is 0.679 bits per heavy atom. The monoisotopic (exact) mass is 1120 g/mol. The van der Waals surface area contributed by atoms with Crippen molar-refractivity contribution in [1.29, 1.82) is 0 Å². The van der Waals surface area contributed by atoms with Crippen LogP contribution in [0.5, 0.6) is 0 Å².